The van der Waals surface area contributed by atoms with Gasteiger partial charge in [-0.25, -0.2) is 9.59 Å². The van der Waals surface area contributed by atoms with Gasteiger partial charge in [-0.3, -0.25) is 0 Å². The maximum atomic E-state index is 13.5. The molecule has 1 aliphatic rings. The molecule has 0 aliphatic carbocycles. The zero-order valence-electron chi connectivity index (χ0n) is 26.9. The van der Waals surface area contributed by atoms with Gasteiger partial charge in [-0.15, -0.1) is 0 Å². The van der Waals surface area contributed by atoms with E-state index in [1.165, 1.54) is 11.8 Å². The molecule has 0 amide bonds. The number of carbonyl (C=O) groups is 2. The predicted octanol–water partition coefficient (Wildman–Crippen LogP) is 6.68. The number of aliphatic hydroxyl groups is 1. The SMILES string of the molecule is Cc1ccc(S[C@@H]2O[C@@H]([C@H](O)COC(=O)c3ccccc3)[C@H](O[Si](O)(C(C)(C)C)C(C)(C)C)[C@H]2OC(=O)c2ccccc2)cc1. The molecule has 0 bridgehead atoms. The Morgan fingerprint density at radius 3 is 1.84 bits per heavy atom. The van der Waals surface area contributed by atoms with Gasteiger partial charge in [-0.05, 0) is 43.3 Å². The largest absolute Gasteiger partial charge is 0.459 e. The second-order valence-electron chi connectivity index (χ2n) is 13.4. The summed E-state index contributed by atoms with van der Waals surface area (Å²) in [5.74, 6) is -1.19. The number of aryl methyl sites for hydroxylation is 1. The van der Waals surface area contributed by atoms with Crippen molar-refractivity contribution in [3.63, 3.8) is 0 Å². The topological polar surface area (TPSA) is 112 Å². The highest BCUT2D eigenvalue weighted by atomic mass is 32.2. The molecule has 3 aromatic rings. The van der Waals surface area contributed by atoms with Crippen LogP contribution in [-0.4, -0.2) is 66.9 Å². The third-order valence-corrected chi connectivity index (χ3v) is 13.7. The number of thioether (sulfide) groups is 1. The summed E-state index contributed by atoms with van der Waals surface area (Å²) >= 11 is 1.33. The maximum Gasteiger partial charge on any atom is 0.347 e. The molecule has 0 aromatic heterocycles. The monoisotopic (exact) mass is 652 g/mol. The van der Waals surface area contributed by atoms with Crippen molar-refractivity contribution in [1.82, 2.24) is 0 Å². The van der Waals surface area contributed by atoms with Crippen molar-refractivity contribution in [1.29, 1.82) is 0 Å². The molecule has 0 radical (unpaired) electrons. The standard InChI is InChI=1S/C35H44O8SSi/c1-23-18-20-26(21-19-23)44-33-30(41-32(38)25-16-12-9-13-17-25)29(43-45(39,34(2,3)4)35(5,6)7)28(42-33)27(36)22-40-31(37)24-14-10-8-11-15-24/h8-21,27-30,33,36,39H,22H2,1-7H3/t27-,28+,29+,30-,33+/m1/s1. The Hall–Kier alpha value is -2.99. The molecule has 0 unspecified atom stereocenters. The van der Waals surface area contributed by atoms with Crippen molar-refractivity contribution in [2.75, 3.05) is 6.61 Å². The van der Waals surface area contributed by atoms with Crippen LogP contribution in [0.3, 0.4) is 0 Å². The van der Waals surface area contributed by atoms with E-state index in [-0.39, 0.29) is 0 Å². The summed E-state index contributed by atoms with van der Waals surface area (Å²) in [6.45, 7) is 13.1. The minimum absolute atomic E-state index is 0.342. The van der Waals surface area contributed by atoms with Crippen molar-refractivity contribution < 1.29 is 38.1 Å². The zero-order valence-corrected chi connectivity index (χ0v) is 28.7. The van der Waals surface area contributed by atoms with E-state index in [2.05, 4.69) is 0 Å². The lowest BCUT2D eigenvalue weighted by atomic mass is 10.1. The number of hydrogen-bond donors (Lipinski definition) is 2. The first-order valence-corrected chi connectivity index (χ1v) is 17.8. The van der Waals surface area contributed by atoms with Gasteiger partial charge in [0.2, 0.25) is 0 Å². The van der Waals surface area contributed by atoms with Crippen LogP contribution < -0.4 is 0 Å². The number of carbonyl (C=O) groups excluding carboxylic acids is 2. The molecule has 0 spiro atoms. The Kier molecular flexibility index (Phi) is 11.0. The van der Waals surface area contributed by atoms with Gasteiger partial charge in [0.25, 0.3) is 0 Å². The number of ether oxygens (including phenoxy) is 3. The molecule has 1 fully saturated rings. The molecule has 45 heavy (non-hydrogen) atoms. The molecule has 5 atom stereocenters. The summed E-state index contributed by atoms with van der Waals surface area (Å²) in [4.78, 5) is 39.4. The fourth-order valence-electron chi connectivity index (χ4n) is 5.42. The Bertz CT molecular complexity index is 1410. The van der Waals surface area contributed by atoms with Crippen LogP contribution in [0.5, 0.6) is 0 Å². The highest BCUT2D eigenvalue weighted by Crippen LogP contribution is 2.52. The van der Waals surface area contributed by atoms with Crippen LogP contribution in [0.1, 0.15) is 67.8 Å². The third-order valence-electron chi connectivity index (χ3n) is 7.85. The minimum Gasteiger partial charge on any atom is -0.459 e. The van der Waals surface area contributed by atoms with Gasteiger partial charge in [-0.2, -0.15) is 0 Å². The Balaban J connectivity index is 1.72. The molecule has 3 aromatic carbocycles. The Labute approximate surface area is 271 Å². The Morgan fingerprint density at radius 2 is 1.33 bits per heavy atom. The maximum absolute atomic E-state index is 13.5. The first kappa shape index (κ1) is 34.9. The molecule has 1 heterocycles. The van der Waals surface area contributed by atoms with Crippen LogP contribution in [0.4, 0.5) is 0 Å². The molecule has 4 rings (SSSR count). The molecule has 10 heteroatoms. The van der Waals surface area contributed by atoms with Crippen molar-refractivity contribution in [2.45, 2.75) is 93.3 Å². The number of esters is 2. The van der Waals surface area contributed by atoms with E-state index in [0.717, 1.165) is 10.5 Å². The van der Waals surface area contributed by atoms with Crippen LogP contribution in [0.25, 0.3) is 0 Å². The molecule has 2 N–H and O–H groups in total. The smallest absolute Gasteiger partial charge is 0.347 e. The van der Waals surface area contributed by atoms with Crippen molar-refractivity contribution in [3.8, 4) is 0 Å². The van der Waals surface area contributed by atoms with Gasteiger partial charge in [-0.1, -0.05) is 107 Å². The van der Waals surface area contributed by atoms with Crippen LogP contribution in [0.15, 0.2) is 89.8 Å². The van der Waals surface area contributed by atoms with Crippen molar-refractivity contribution >= 4 is 32.3 Å². The number of hydrogen-bond acceptors (Lipinski definition) is 9. The van der Waals surface area contributed by atoms with E-state index in [0.29, 0.717) is 11.1 Å². The Morgan fingerprint density at radius 1 is 0.822 bits per heavy atom. The average Bonchev–Trinajstić information content (AvgIpc) is 3.32. The van der Waals surface area contributed by atoms with Gasteiger partial charge in [0.1, 0.15) is 30.4 Å². The molecular weight excluding hydrogens is 609 g/mol. The average molecular weight is 653 g/mol. The second-order valence-corrected chi connectivity index (χ2v) is 19.1. The summed E-state index contributed by atoms with van der Waals surface area (Å²) in [5, 5.41) is 10.2. The predicted molar refractivity (Wildman–Crippen MR) is 176 cm³/mol. The van der Waals surface area contributed by atoms with Gasteiger partial charge in [0.05, 0.1) is 11.1 Å². The van der Waals surface area contributed by atoms with Gasteiger partial charge in [0, 0.05) is 15.0 Å². The van der Waals surface area contributed by atoms with Crippen LogP contribution >= 0.6 is 11.8 Å². The van der Waals surface area contributed by atoms with E-state index in [9.17, 15) is 19.5 Å². The fourth-order valence-corrected chi connectivity index (χ4v) is 10.1. The highest BCUT2D eigenvalue weighted by molar-refractivity contribution is 7.99. The third kappa shape index (κ3) is 8.24. The van der Waals surface area contributed by atoms with Gasteiger partial charge < -0.3 is 28.5 Å². The molecule has 242 valence electrons. The summed E-state index contributed by atoms with van der Waals surface area (Å²) in [5.41, 5.74) is 0.956. The lowest BCUT2D eigenvalue weighted by Gasteiger charge is -2.47. The van der Waals surface area contributed by atoms with Crippen molar-refractivity contribution in [2.24, 2.45) is 0 Å². The van der Waals surface area contributed by atoms with Crippen molar-refractivity contribution in [3.05, 3.63) is 102 Å². The number of benzene rings is 3. The second kappa shape index (κ2) is 14.2. The van der Waals surface area contributed by atoms with E-state index in [1.54, 1.807) is 60.7 Å². The molecule has 1 aliphatic heterocycles. The summed E-state index contributed by atoms with van der Waals surface area (Å²) in [6.07, 6.45) is -4.57. The molecule has 0 saturated carbocycles. The summed E-state index contributed by atoms with van der Waals surface area (Å²) in [7, 11) is -3.70. The minimum atomic E-state index is -3.70. The van der Waals surface area contributed by atoms with Gasteiger partial charge in [0.15, 0.2) is 6.10 Å². The molecular formula is C35H44O8SSi. The van der Waals surface area contributed by atoms with Crippen LogP contribution in [0, 0.1) is 6.92 Å². The highest BCUT2D eigenvalue weighted by Gasteiger charge is 2.61. The number of rotatable bonds is 10. The van der Waals surface area contributed by atoms with Gasteiger partial charge >= 0.3 is 20.5 Å². The number of aliphatic hydroxyl groups excluding tert-OH is 1. The molecule has 1 saturated heterocycles. The molecule has 8 nitrogen and oxygen atoms in total. The summed E-state index contributed by atoms with van der Waals surface area (Å²) < 4.78 is 24.9. The van der Waals surface area contributed by atoms with E-state index in [1.807, 2.05) is 72.7 Å². The first-order valence-electron chi connectivity index (χ1n) is 15.1. The lowest BCUT2D eigenvalue weighted by molar-refractivity contribution is -0.0784. The fraction of sp³-hybridized carbons (Fsp3) is 0.429. The van der Waals surface area contributed by atoms with Crippen LogP contribution in [0.2, 0.25) is 10.1 Å². The summed E-state index contributed by atoms with van der Waals surface area (Å²) in [6, 6.07) is 24.9. The first-order chi connectivity index (χ1) is 21.1. The van der Waals surface area contributed by atoms with E-state index in [4.69, 9.17) is 18.6 Å². The zero-order chi connectivity index (χ0) is 33.0. The lowest BCUT2D eigenvalue weighted by Crippen LogP contribution is -2.60. The quantitative estimate of drug-likeness (QED) is 0.183. The normalized spacial score (nSPS) is 21.3. The van der Waals surface area contributed by atoms with E-state index >= 15 is 0 Å². The van der Waals surface area contributed by atoms with E-state index < -0.39 is 67.0 Å². The van der Waals surface area contributed by atoms with Crippen LogP contribution in [-0.2, 0) is 18.6 Å².